The van der Waals surface area contributed by atoms with Gasteiger partial charge in [-0.15, -0.1) is 0 Å². The van der Waals surface area contributed by atoms with Crippen LogP contribution in [0.1, 0.15) is 60.4 Å². The van der Waals surface area contributed by atoms with E-state index >= 15 is 0 Å². The molecule has 0 radical (unpaired) electrons. The summed E-state index contributed by atoms with van der Waals surface area (Å²) in [5, 5.41) is 12.5. The van der Waals surface area contributed by atoms with Crippen molar-refractivity contribution in [1.29, 1.82) is 0 Å². The molecule has 0 spiro atoms. The molecule has 2 N–H and O–H groups in total. The minimum atomic E-state index is -1.000. The predicted octanol–water partition coefficient (Wildman–Crippen LogP) is 1.70. The molecular formula is C14H21N3O3. The van der Waals surface area contributed by atoms with E-state index in [1.54, 1.807) is 0 Å². The smallest absolute Gasteiger partial charge is 0.354 e. The van der Waals surface area contributed by atoms with Crippen molar-refractivity contribution in [1.82, 2.24) is 15.3 Å². The van der Waals surface area contributed by atoms with E-state index in [0.29, 0.717) is 24.5 Å². The summed E-state index contributed by atoms with van der Waals surface area (Å²) in [7, 11) is 0. The number of carboxylic acid groups (broad SMARTS) is 1. The van der Waals surface area contributed by atoms with Gasteiger partial charge in [-0.25, -0.2) is 14.8 Å². The maximum atomic E-state index is 11.4. The molecule has 1 unspecified atom stereocenters. The predicted molar refractivity (Wildman–Crippen MR) is 73.7 cm³/mol. The first-order valence-electron chi connectivity index (χ1n) is 7.12. The van der Waals surface area contributed by atoms with Crippen molar-refractivity contribution < 1.29 is 14.6 Å². The van der Waals surface area contributed by atoms with Gasteiger partial charge in [0.1, 0.15) is 6.10 Å². The molecule has 0 aromatic carbocycles. The van der Waals surface area contributed by atoms with Gasteiger partial charge in [0, 0.05) is 31.7 Å². The molecular weight excluding hydrogens is 258 g/mol. The van der Waals surface area contributed by atoms with Gasteiger partial charge in [0.15, 0.2) is 11.5 Å². The number of nitrogens with one attached hydrogen (secondary N) is 1. The van der Waals surface area contributed by atoms with Crippen molar-refractivity contribution in [3.05, 3.63) is 22.8 Å². The minimum absolute atomic E-state index is 0.109. The van der Waals surface area contributed by atoms with Crippen LogP contribution in [0.3, 0.4) is 0 Å². The summed E-state index contributed by atoms with van der Waals surface area (Å²) < 4.78 is 5.66. The van der Waals surface area contributed by atoms with E-state index in [9.17, 15) is 9.90 Å². The largest absolute Gasteiger partial charge is 0.476 e. The average molecular weight is 279 g/mol. The lowest BCUT2D eigenvalue weighted by Gasteiger charge is -2.21. The highest BCUT2D eigenvalue weighted by Crippen LogP contribution is 2.23. The zero-order chi connectivity index (χ0) is 14.5. The van der Waals surface area contributed by atoms with Gasteiger partial charge in [-0.3, -0.25) is 0 Å². The third kappa shape index (κ3) is 3.13. The lowest BCUT2D eigenvalue weighted by molar-refractivity contribution is 0.0485. The standard InChI is InChI=1S/C14H21N3O3/c1-3-5-11(20-4-2)13-16-10-6-7-15-8-9(10)12(17-13)14(18)19/h11,15H,3-8H2,1-2H3,(H,18,19). The highest BCUT2D eigenvalue weighted by Gasteiger charge is 2.24. The SMILES string of the molecule is CCCC(OCC)c1nc2c(c(C(=O)O)n1)CNCC2. The number of aromatic nitrogens is 2. The maximum Gasteiger partial charge on any atom is 0.354 e. The Labute approximate surface area is 118 Å². The van der Waals surface area contributed by atoms with Crippen LogP contribution in [0.5, 0.6) is 0 Å². The number of rotatable bonds is 6. The summed E-state index contributed by atoms with van der Waals surface area (Å²) in [5.41, 5.74) is 1.66. The van der Waals surface area contributed by atoms with Crippen molar-refractivity contribution in [3.63, 3.8) is 0 Å². The Morgan fingerprint density at radius 1 is 1.45 bits per heavy atom. The Morgan fingerprint density at radius 2 is 2.25 bits per heavy atom. The molecule has 1 aromatic rings. The molecule has 2 rings (SSSR count). The molecule has 1 atom stereocenters. The monoisotopic (exact) mass is 279 g/mol. The molecule has 0 saturated heterocycles. The summed E-state index contributed by atoms with van der Waals surface area (Å²) in [5.74, 6) is -0.493. The molecule has 20 heavy (non-hydrogen) atoms. The summed E-state index contributed by atoms with van der Waals surface area (Å²) in [6, 6.07) is 0. The van der Waals surface area contributed by atoms with E-state index in [1.807, 2.05) is 6.92 Å². The average Bonchev–Trinajstić information content (AvgIpc) is 2.45. The summed E-state index contributed by atoms with van der Waals surface area (Å²) in [6.07, 6.45) is 2.25. The molecule has 6 nitrogen and oxygen atoms in total. The fraction of sp³-hybridized carbons (Fsp3) is 0.643. The van der Waals surface area contributed by atoms with E-state index in [0.717, 1.165) is 31.5 Å². The zero-order valence-corrected chi connectivity index (χ0v) is 12.0. The van der Waals surface area contributed by atoms with Crippen molar-refractivity contribution in [3.8, 4) is 0 Å². The van der Waals surface area contributed by atoms with Gasteiger partial charge >= 0.3 is 5.97 Å². The van der Waals surface area contributed by atoms with E-state index in [2.05, 4.69) is 22.2 Å². The highest BCUT2D eigenvalue weighted by molar-refractivity contribution is 5.87. The molecule has 1 aromatic heterocycles. The Kier molecular flexibility index (Phi) is 5.03. The van der Waals surface area contributed by atoms with Crippen molar-refractivity contribution >= 4 is 5.97 Å². The Balaban J connectivity index is 2.42. The lowest BCUT2D eigenvalue weighted by atomic mass is 10.0. The van der Waals surface area contributed by atoms with E-state index in [-0.39, 0.29) is 11.8 Å². The molecule has 2 heterocycles. The number of carboxylic acids is 1. The Bertz CT molecular complexity index is 485. The lowest BCUT2D eigenvalue weighted by Crippen LogP contribution is -2.29. The molecule has 0 bridgehead atoms. The molecule has 110 valence electrons. The van der Waals surface area contributed by atoms with Gasteiger partial charge in [-0.2, -0.15) is 0 Å². The van der Waals surface area contributed by atoms with Crippen LogP contribution in [0.15, 0.2) is 0 Å². The van der Waals surface area contributed by atoms with Crippen LogP contribution in [0.2, 0.25) is 0 Å². The summed E-state index contributed by atoms with van der Waals surface area (Å²) in [4.78, 5) is 20.2. The fourth-order valence-electron chi connectivity index (χ4n) is 2.43. The van der Waals surface area contributed by atoms with Crippen LogP contribution < -0.4 is 5.32 Å². The van der Waals surface area contributed by atoms with Crippen molar-refractivity contribution in [2.75, 3.05) is 13.2 Å². The third-order valence-electron chi connectivity index (χ3n) is 3.36. The molecule has 0 aliphatic carbocycles. The van der Waals surface area contributed by atoms with Crippen LogP contribution in [-0.2, 0) is 17.7 Å². The number of hydrogen-bond donors (Lipinski definition) is 2. The van der Waals surface area contributed by atoms with Crippen molar-refractivity contribution in [2.45, 2.75) is 45.8 Å². The maximum absolute atomic E-state index is 11.4. The number of aromatic carboxylic acids is 1. The third-order valence-corrected chi connectivity index (χ3v) is 3.36. The highest BCUT2D eigenvalue weighted by atomic mass is 16.5. The van der Waals surface area contributed by atoms with E-state index in [1.165, 1.54) is 0 Å². The van der Waals surface area contributed by atoms with Gasteiger partial charge in [0.25, 0.3) is 0 Å². The number of carbonyl (C=O) groups is 1. The minimum Gasteiger partial charge on any atom is -0.476 e. The normalized spacial score (nSPS) is 15.7. The van der Waals surface area contributed by atoms with E-state index < -0.39 is 5.97 Å². The van der Waals surface area contributed by atoms with Crippen LogP contribution in [0.25, 0.3) is 0 Å². The first-order chi connectivity index (χ1) is 9.67. The van der Waals surface area contributed by atoms with Crippen LogP contribution in [0, 0.1) is 0 Å². The molecule has 6 heteroatoms. The molecule has 0 fully saturated rings. The molecule has 1 aliphatic heterocycles. The van der Waals surface area contributed by atoms with Gasteiger partial charge in [0.2, 0.25) is 0 Å². The molecule has 0 amide bonds. The second kappa shape index (κ2) is 6.76. The second-order valence-corrected chi connectivity index (χ2v) is 4.82. The number of hydrogen-bond acceptors (Lipinski definition) is 5. The van der Waals surface area contributed by atoms with Gasteiger partial charge in [-0.05, 0) is 13.3 Å². The Hall–Kier alpha value is -1.53. The molecule has 1 aliphatic rings. The van der Waals surface area contributed by atoms with E-state index in [4.69, 9.17) is 4.74 Å². The van der Waals surface area contributed by atoms with Gasteiger partial charge in [-0.1, -0.05) is 13.3 Å². The number of fused-ring (bicyclic) bond motifs is 1. The van der Waals surface area contributed by atoms with Gasteiger partial charge in [0.05, 0.1) is 5.69 Å². The van der Waals surface area contributed by atoms with Crippen molar-refractivity contribution in [2.24, 2.45) is 0 Å². The second-order valence-electron chi connectivity index (χ2n) is 4.82. The summed E-state index contributed by atoms with van der Waals surface area (Å²) >= 11 is 0. The quantitative estimate of drug-likeness (QED) is 0.824. The topological polar surface area (TPSA) is 84.3 Å². The van der Waals surface area contributed by atoms with Gasteiger partial charge < -0.3 is 15.2 Å². The fourth-order valence-corrected chi connectivity index (χ4v) is 2.43. The first kappa shape index (κ1) is 14.9. The molecule has 0 saturated carbocycles. The Morgan fingerprint density at radius 3 is 2.90 bits per heavy atom. The summed E-state index contributed by atoms with van der Waals surface area (Å²) in [6.45, 7) is 5.88. The van der Waals surface area contributed by atoms with Crippen LogP contribution >= 0.6 is 0 Å². The van der Waals surface area contributed by atoms with Crippen LogP contribution in [0.4, 0.5) is 0 Å². The number of ether oxygens (including phenoxy) is 1. The first-order valence-corrected chi connectivity index (χ1v) is 7.12. The van der Waals surface area contributed by atoms with Crippen LogP contribution in [-0.4, -0.2) is 34.2 Å². The zero-order valence-electron chi connectivity index (χ0n) is 12.0. The number of nitrogens with zero attached hydrogens (tertiary/aromatic N) is 2.